The number of hydrogen-bond donors (Lipinski definition) is 1. The Morgan fingerprint density at radius 2 is 2.25 bits per heavy atom. The highest BCUT2D eigenvalue weighted by molar-refractivity contribution is 4.85. The van der Waals surface area contributed by atoms with Gasteiger partial charge in [0.05, 0.1) is 13.2 Å². The molecule has 2 aliphatic rings. The van der Waals surface area contributed by atoms with E-state index in [4.69, 9.17) is 10.5 Å². The largest absolute Gasteiger partial charge is 0.381 e. The minimum atomic E-state index is 0.788. The quantitative estimate of drug-likeness (QED) is 0.648. The molecule has 12 heavy (non-hydrogen) atoms. The molecule has 2 saturated heterocycles. The molecule has 2 rings (SSSR count). The Bertz CT molecular complexity index is 147. The van der Waals surface area contributed by atoms with Crippen LogP contribution in [0.3, 0.4) is 0 Å². The SMILES string of the molecule is NCCC1CCN1CC1COC1. The molecule has 0 spiro atoms. The number of likely N-dealkylation sites (tertiary alicyclic amines) is 1. The van der Waals surface area contributed by atoms with Crippen molar-refractivity contribution in [3.05, 3.63) is 0 Å². The van der Waals surface area contributed by atoms with Crippen LogP contribution in [0, 0.1) is 5.92 Å². The number of nitrogens with zero attached hydrogens (tertiary/aromatic N) is 1. The first kappa shape index (κ1) is 8.48. The molecule has 70 valence electrons. The van der Waals surface area contributed by atoms with E-state index in [1.54, 1.807) is 0 Å². The summed E-state index contributed by atoms with van der Waals surface area (Å²) in [4.78, 5) is 2.56. The van der Waals surface area contributed by atoms with Crippen LogP contribution in [0.5, 0.6) is 0 Å². The molecule has 0 saturated carbocycles. The van der Waals surface area contributed by atoms with Crippen LogP contribution in [-0.2, 0) is 4.74 Å². The van der Waals surface area contributed by atoms with Crippen LogP contribution < -0.4 is 5.73 Å². The molecule has 1 atom stereocenters. The van der Waals surface area contributed by atoms with E-state index in [0.29, 0.717) is 0 Å². The van der Waals surface area contributed by atoms with Gasteiger partial charge in [0.15, 0.2) is 0 Å². The first-order valence-electron chi connectivity index (χ1n) is 4.92. The van der Waals surface area contributed by atoms with Gasteiger partial charge in [-0.05, 0) is 25.9 Å². The van der Waals surface area contributed by atoms with Crippen LogP contribution in [-0.4, -0.2) is 43.8 Å². The first-order chi connectivity index (χ1) is 5.90. The zero-order valence-electron chi connectivity index (χ0n) is 7.54. The lowest BCUT2D eigenvalue weighted by molar-refractivity contribution is -0.0653. The van der Waals surface area contributed by atoms with Crippen LogP contribution in [0.25, 0.3) is 0 Å². The highest BCUT2D eigenvalue weighted by atomic mass is 16.5. The Hall–Kier alpha value is -0.120. The molecule has 0 aromatic carbocycles. The van der Waals surface area contributed by atoms with E-state index in [2.05, 4.69) is 4.90 Å². The number of ether oxygens (including phenoxy) is 1. The van der Waals surface area contributed by atoms with E-state index in [9.17, 15) is 0 Å². The summed E-state index contributed by atoms with van der Waals surface area (Å²) in [6.45, 7) is 5.31. The maximum absolute atomic E-state index is 5.53. The second-order valence-electron chi connectivity index (χ2n) is 3.92. The van der Waals surface area contributed by atoms with Crippen molar-refractivity contribution in [1.29, 1.82) is 0 Å². The maximum atomic E-state index is 5.53. The Balaban J connectivity index is 1.66. The topological polar surface area (TPSA) is 38.5 Å². The number of nitrogens with two attached hydrogens (primary N) is 1. The van der Waals surface area contributed by atoms with Crippen LogP contribution in [0.15, 0.2) is 0 Å². The molecule has 2 fully saturated rings. The molecule has 0 amide bonds. The maximum Gasteiger partial charge on any atom is 0.0528 e. The van der Waals surface area contributed by atoms with Crippen molar-refractivity contribution >= 4 is 0 Å². The normalized spacial score (nSPS) is 31.2. The molecule has 0 aliphatic carbocycles. The zero-order chi connectivity index (χ0) is 8.39. The molecule has 0 aromatic heterocycles. The van der Waals surface area contributed by atoms with Crippen LogP contribution >= 0.6 is 0 Å². The van der Waals surface area contributed by atoms with Gasteiger partial charge in [-0.1, -0.05) is 0 Å². The smallest absolute Gasteiger partial charge is 0.0528 e. The van der Waals surface area contributed by atoms with Gasteiger partial charge in [0.25, 0.3) is 0 Å². The summed E-state index contributed by atoms with van der Waals surface area (Å²) in [7, 11) is 0. The molecule has 0 bridgehead atoms. The summed E-state index contributed by atoms with van der Waals surface area (Å²) in [5.74, 6) is 0.811. The van der Waals surface area contributed by atoms with Crippen LogP contribution in [0.1, 0.15) is 12.8 Å². The molecule has 3 nitrogen and oxygen atoms in total. The average molecular weight is 170 g/mol. The first-order valence-corrected chi connectivity index (χ1v) is 4.92. The van der Waals surface area contributed by atoms with Gasteiger partial charge in [0.1, 0.15) is 0 Å². The summed E-state index contributed by atoms with van der Waals surface area (Å²) >= 11 is 0. The van der Waals surface area contributed by atoms with Gasteiger partial charge in [-0.2, -0.15) is 0 Å². The second kappa shape index (κ2) is 3.73. The van der Waals surface area contributed by atoms with Gasteiger partial charge in [-0.25, -0.2) is 0 Å². The predicted molar refractivity (Wildman–Crippen MR) is 48.0 cm³/mol. The third kappa shape index (κ3) is 1.63. The second-order valence-corrected chi connectivity index (χ2v) is 3.92. The molecule has 1 unspecified atom stereocenters. The molecule has 2 aliphatic heterocycles. The fraction of sp³-hybridized carbons (Fsp3) is 1.00. The minimum absolute atomic E-state index is 0.788. The van der Waals surface area contributed by atoms with E-state index in [0.717, 1.165) is 31.7 Å². The van der Waals surface area contributed by atoms with E-state index >= 15 is 0 Å². The predicted octanol–water partition coefficient (Wildman–Crippen LogP) is 0.0559. The van der Waals surface area contributed by atoms with Gasteiger partial charge in [0, 0.05) is 18.5 Å². The van der Waals surface area contributed by atoms with Crippen molar-refractivity contribution in [3.8, 4) is 0 Å². The average Bonchev–Trinajstić information content (AvgIpc) is 1.95. The highest BCUT2D eigenvalue weighted by Crippen LogP contribution is 2.23. The van der Waals surface area contributed by atoms with Crippen molar-refractivity contribution in [2.45, 2.75) is 18.9 Å². The van der Waals surface area contributed by atoms with Crippen LogP contribution in [0.2, 0.25) is 0 Å². The molecular formula is C9H18N2O. The summed E-state index contributed by atoms with van der Waals surface area (Å²) in [6.07, 6.45) is 2.53. The number of hydrogen-bond acceptors (Lipinski definition) is 3. The molecule has 3 heteroatoms. The van der Waals surface area contributed by atoms with Crippen molar-refractivity contribution in [2.24, 2.45) is 11.7 Å². The fourth-order valence-electron chi connectivity index (χ4n) is 1.98. The lowest BCUT2D eigenvalue weighted by Crippen LogP contribution is -2.52. The molecular weight excluding hydrogens is 152 g/mol. The van der Waals surface area contributed by atoms with Crippen molar-refractivity contribution in [3.63, 3.8) is 0 Å². The Morgan fingerprint density at radius 3 is 2.67 bits per heavy atom. The van der Waals surface area contributed by atoms with E-state index in [1.807, 2.05) is 0 Å². The summed E-state index contributed by atoms with van der Waals surface area (Å²) in [5.41, 5.74) is 5.53. The fourth-order valence-corrected chi connectivity index (χ4v) is 1.98. The third-order valence-corrected chi connectivity index (χ3v) is 2.97. The molecule has 2 heterocycles. The van der Waals surface area contributed by atoms with Gasteiger partial charge in [0.2, 0.25) is 0 Å². The lowest BCUT2D eigenvalue weighted by atomic mass is 9.96. The standard InChI is InChI=1S/C9H18N2O/c10-3-1-9-2-4-11(9)5-8-6-12-7-8/h8-9H,1-7,10H2. The highest BCUT2D eigenvalue weighted by Gasteiger charge is 2.31. The zero-order valence-corrected chi connectivity index (χ0v) is 7.54. The van der Waals surface area contributed by atoms with E-state index in [-0.39, 0.29) is 0 Å². The molecule has 2 N–H and O–H groups in total. The van der Waals surface area contributed by atoms with E-state index < -0.39 is 0 Å². The third-order valence-electron chi connectivity index (χ3n) is 2.97. The summed E-state index contributed by atoms with van der Waals surface area (Å²) in [6, 6.07) is 0.788. The van der Waals surface area contributed by atoms with Gasteiger partial charge < -0.3 is 10.5 Å². The van der Waals surface area contributed by atoms with Crippen molar-refractivity contribution < 1.29 is 4.74 Å². The molecule has 0 radical (unpaired) electrons. The Labute approximate surface area is 73.9 Å². The van der Waals surface area contributed by atoms with Gasteiger partial charge in [-0.15, -0.1) is 0 Å². The van der Waals surface area contributed by atoms with Crippen molar-refractivity contribution in [2.75, 3.05) is 32.8 Å². The van der Waals surface area contributed by atoms with Crippen molar-refractivity contribution in [1.82, 2.24) is 4.90 Å². The minimum Gasteiger partial charge on any atom is -0.381 e. The van der Waals surface area contributed by atoms with E-state index in [1.165, 1.54) is 25.9 Å². The number of rotatable bonds is 4. The molecule has 0 aromatic rings. The van der Waals surface area contributed by atoms with Gasteiger partial charge in [-0.3, -0.25) is 4.90 Å². The van der Waals surface area contributed by atoms with Crippen LogP contribution in [0.4, 0.5) is 0 Å². The summed E-state index contributed by atoms with van der Waals surface area (Å²) < 4.78 is 5.15. The lowest BCUT2D eigenvalue weighted by Gasteiger charge is -2.44. The monoisotopic (exact) mass is 170 g/mol. The summed E-state index contributed by atoms with van der Waals surface area (Å²) in [5, 5.41) is 0. The Kier molecular flexibility index (Phi) is 2.63. The Morgan fingerprint density at radius 1 is 1.42 bits per heavy atom. The van der Waals surface area contributed by atoms with Gasteiger partial charge >= 0.3 is 0 Å².